The van der Waals surface area contributed by atoms with Gasteiger partial charge in [-0.25, -0.2) is 0 Å². The molecule has 35 heavy (non-hydrogen) atoms. The van der Waals surface area contributed by atoms with Crippen LogP contribution in [0.3, 0.4) is 0 Å². The number of anilines is 1. The van der Waals surface area contributed by atoms with E-state index >= 15 is 0 Å². The molecule has 1 saturated heterocycles. The second kappa shape index (κ2) is 8.80. The summed E-state index contributed by atoms with van der Waals surface area (Å²) in [6.45, 7) is 10.6. The van der Waals surface area contributed by atoms with E-state index in [1.165, 1.54) is 32.1 Å². The van der Waals surface area contributed by atoms with Crippen molar-refractivity contribution >= 4 is 17.4 Å². The molecule has 0 aromatic heterocycles. The van der Waals surface area contributed by atoms with E-state index in [-0.39, 0.29) is 17.1 Å². The topological polar surface area (TPSA) is 82.0 Å². The average Bonchev–Trinajstić information content (AvgIpc) is 3.21. The van der Waals surface area contributed by atoms with Crippen molar-refractivity contribution in [1.82, 2.24) is 5.32 Å². The molecule has 8 atom stereocenters. The number of benzene rings is 1. The summed E-state index contributed by atoms with van der Waals surface area (Å²) in [6, 6.07) is 8.98. The lowest BCUT2D eigenvalue weighted by Gasteiger charge is -2.59. The maximum Gasteiger partial charge on any atom is 0.235 e. The van der Waals surface area contributed by atoms with Crippen molar-refractivity contribution in [3.8, 4) is 6.07 Å². The third-order valence-electron chi connectivity index (χ3n) is 10.6. The first-order valence-corrected chi connectivity index (χ1v) is 13.5. The van der Waals surface area contributed by atoms with E-state index in [4.69, 9.17) is 0 Å². The van der Waals surface area contributed by atoms with Crippen LogP contribution in [0.4, 0.5) is 5.69 Å². The Morgan fingerprint density at radius 3 is 2.80 bits per heavy atom. The number of carbonyl (C=O) groups is 2. The highest BCUT2D eigenvalue weighted by atomic mass is 16.2. The predicted octanol–water partition coefficient (Wildman–Crippen LogP) is 5.68. The monoisotopic (exact) mass is 473 g/mol. The third kappa shape index (κ3) is 3.81. The maximum absolute atomic E-state index is 13.3. The summed E-state index contributed by atoms with van der Waals surface area (Å²) in [5, 5.41) is 15.8. The number of ketones is 1. The van der Waals surface area contributed by atoms with Crippen molar-refractivity contribution in [2.24, 2.45) is 46.3 Å². The van der Waals surface area contributed by atoms with Crippen LogP contribution in [-0.2, 0) is 9.59 Å². The van der Waals surface area contributed by atoms with Crippen LogP contribution in [0.15, 0.2) is 36.0 Å². The van der Waals surface area contributed by atoms with Crippen molar-refractivity contribution in [2.75, 3.05) is 11.9 Å². The summed E-state index contributed by atoms with van der Waals surface area (Å²) < 4.78 is 0. The smallest absolute Gasteiger partial charge is 0.235 e. The Kier molecular flexibility index (Phi) is 6.06. The van der Waals surface area contributed by atoms with Gasteiger partial charge in [-0.2, -0.15) is 5.26 Å². The SMILES string of the molecule is CCC(C)[C@H]1CC[C@H]2[C@@H]3CNC4=CC(=O)C(C(=O)Nc5cccc(C#N)c5)C[C@]4(C)[C@H]3CC[C@]12C. The highest BCUT2D eigenvalue weighted by Crippen LogP contribution is 2.65. The predicted molar refractivity (Wildman–Crippen MR) is 137 cm³/mol. The average molecular weight is 474 g/mol. The minimum absolute atomic E-state index is 0.115. The Bertz CT molecular complexity index is 1100. The molecule has 5 rings (SSSR count). The minimum atomic E-state index is -0.695. The van der Waals surface area contributed by atoms with Gasteiger partial charge in [0, 0.05) is 29.4 Å². The van der Waals surface area contributed by atoms with E-state index in [2.05, 4.69) is 44.4 Å². The molecule has 1 aromatic carbocycles. The molecule has 0 radical (unpaired) electrons. The molecular formula is C30H39N3O2. The van der Waals surface area contributed by atoms with Crippen LogP contribution in [0.5, 0.6) is 0 Å². The van der Waals surface area contributed by atoms with E-state index in [0.29, 0.717) is 40.8 Å². The standard InChI is InChI=1S/C30H39N3O2/c1-5-18(2)23-9-10-24-22-17-32-27-14-26(34)21(15-30(27,4)25(22)11-12-29(23,24)3)28(35)33-20-8-6-7-19(13-20)16-31/h6-8,13-14,18,21-25,32H,5,9-12,15,17H2,1-4H3,(H,33,35)/t18?,21?,22-,23+,24-,25-,29+,30+/m0/s1. The minimum Gasteiger partial charge on any atom is -0.387 e. The summed E-state index contributed by atoms with van der Waals surface area (Å²) in [7, 11) is 0. The van der Waals surface area contributed by atoms with Crippen molar-refractivity contribution in [3.63, 3.8) is 0 Å². The zero-order valence-corrected chi connectivity index (χ0v) is 21.6. The molecule has 2 unspecified atom stereocenters. The van der Waals surface area contributed by atoms with Gasteiger partial charge in [-0.3, -0.25) is 9.59 Å². The largest absolute Gasteiger partial charge is 0.387 e. The Morgan fingerprint density at radius 1 is 1.26 bits per heavy atom. The van der Waals surface area contributed by atoms with Gasteiger partial charge < -0.3 is 10.6 Å². The quantitative estimate of drug-likeness (QED) is 0.551. The van der Waals surface area contributed by atoms with Gasteiger partial charge in [0.2, 0.25) is 5.91 Å². The first kappa shape index (κ1) is 24.1. The summed E-state index contributed by atoms with van der Waals surface area (Å²) in [4.78, 5) is 26.3. The van der Waals surface area contributed by atoms with Gasteiger partial charge in [-0.1, -0.05) is 40.2 Å². The lowest BCUT2D eigenvalue weighted by Crippen LogP contribution is -2.58. The Labute approximate surface area is 209 Å². The Balaban J connectivity index is 1.38. The number of allylic oxidation sites excluding steroid dienone is 2. The maximum atomic E-state index is 13.3. The fourth-order valence-electron chi connectivity index (χ4n) is 8.62. The zero-order valence-electron chi connectivity index (χ0n) is 21.6. The molecule has 1 aromatic rings. The van der Waals surface area contributed by atoms with Crippen LogP contribution in [-0.4, -0.2) is 18.2 Å². The molecule has 0 spiro atoms. The molecule has 2 N–H and O–H groups in total. The third-order valence-corrected chi connectivity index (χ3v) is 10.6. The summed E-state index contributed by atoms with van der Waals surface area (Å²) in [5.74, 6) is 2.30. The molecule has 0 bridgehead atoms. The molecule has 186 valence electrons. The summed E-state index contributed by atoms with van der Waals surface area (Å²) in [6.07, 6.45) is 8.59. The van der Waals surface area contributed by atoms with E-state index < -0.39 is 5.92 Å². The molecule has 1 amide bonds. The van der Waals surface area contributed by atoms with Gasteiger partial charge in [0.1, 0.15) is 5.92 Å². The molecule has 5 heteroatoms. The number of nitrogens with zero attached hydrogens (tertiary/aromatic N) is 1. The molecule has 5 nitrogen and oxygen atoms in total. The zero-order chi connectivity index (χ0) is 25.0. The molecule has 2 saturated carbocycles. The number of nitrogens with one attached hydrogen (secondary N) is 2. The van der Waals surface area contributed by atoms with Gasteiger partial charge in [-0.15, -0.1) is 0 Å². The number of fused-ring (bicyclic) bond motifs is 5. The molecule has 3 fully saturated rings. The Hall–Kier alpha value is -2.61. The number of amides is 1. The fraction of sp³-hybridized carbons (Fsp3) is 0.633. The first-order valence-electron chi connectivity index (χ1n) is 13.5. The number of nitriles is 1. The van der Waals surface area contributed by atoms with E-state index in [1.54, 1.807) is 30.3 Å². The lowest BCUT2D eigenvalue weighted by molar-refractivity contribution is -0.133. The number of rotatable bonds is 4. The number of piperidine rings is 1. The van der Waals surface area contributed by atoms with Gasteiger partial charge in [0.15, 0.2) is 5.78 Å². The molecule has 4 aliphatic rings. The molecule has 3 aliphatic carbocycles. The van der Waals surface area contributed by atoms with Gasteiger partial charge >= 0.3 is 0 Å². The van der Waals surface area contributed by atoms with Crippen LogP contribution >= 0.6 is 0 Å². The van der Waals surface area contributed by atoms with Crippen molar-refractivity contribution in [2.45, 2.75) is 66.2 Å². The molecule has 1 aliphatic heterocycles. The first-order chi connectivity index (χ1) is 16.7. The van der Waals surface area contributed by atoms with Crippen LogP contribution in [0.1, 0.15) is 71.8 Å². The highest BCUT2D eigenvalue weighted by molar-refractivity contribution is 6.12. The van der Waals surface area contributed by atoms with Crippen LogP contribution < -0.4 is 10.6 Å². The number of carbonyl (C=O) groups excluding carboxylic acids is 2. The molecule has 1 heterocycles. The number of hydrogen-bond donors (Lipinski definition) is 2. The van der Waals surface area contributed by atoms with E-state index in [0.717, 1.165) is 24.1 Å². The lowest BCUT2D eigenvalue weighted by atomic mass is 9.48. The van der Waals surface area contributed by atoms with Gasteiger partial charge in [0.05, 0.1) is 11.6 Å². The highest BCUT2D eigenvalue weighted by Gasteiger charge is 2.60. The normalized spacial score (nSPS) is 38.7. The summed E-state index contributed by atoms with van der Waals surface area (Å²) >= 11 is 0. The van der Waals surface area contributed by atoms with Gasteiger partial charge in [0.25, 0.3) is 0 Å². The van der Waals surface area contributed by atoms with Crippen molar-refractivity contribution in [3.05, 3.63) is 41.6 Å². The van der Waals surface area contributed by atoms with Crippen molar-refractivity contribution < 1.29 is 9.59 Å². The fourth-order valence-corrected chi connectivity index (χ4v) is 8.62. The van der Waals surface area contributed by atoms with E-state index in [9.17, 15) is 14.9 Å². The van der Waals surface area contributed by atoms with Crippen LogP contribution in [0.2, 0.25) is 0 Å². The number of hydrogen-bond acceptors (Lipinski definition) is 4. The second-order valence-electron chi connectivity index (χ2n) is 12.2. The van der Waals surface area contributed by atoms with Crippen LogP contribution in [0, 0.1) is 57.7 Å². The van der Waals surface area contributed by atoms with Gasteiger partial charge in [-0.05, 0) is 85.3 Å². The Morgan fingerprint density at radius 2 is 2.06 bits per heavy atom. The van der Waals surface area contributed by atoms with Crippen LogP contribution in [0.25, 0.3) is 0 Å². The summed E-state index contributed by atoms with van der Waals surface area (Å²) in [5.41, 5.74) is 2.31. The second-order valence-corrected chi connectivity index (χ2v) is 12.2. The van der Waals surface area contributed by atoms with E-state index in [1.807, 2.05) is 0 Å². The molecular weight excluding hydrogens is 434 g/mol. The van der Waals surface area contributed by atoms with Crippen molar-refractivity contribution in [1.29, 1.82) is 5.26 Å².